The number of carbonyl (C=O) groups is 1. The van der Waals surface area contributed by atoms with Crippen molar-refractivity contribution in [3.63, 3.8) is 0 Å². The van der Waals surface area contributed by atoms with Crippen molar-refractivity contribution in [2.75, 3.05) is 43.6 Å². The number of aromatic nitrogens is 3. The SMILES string of the molecule is CCOc1ccc(NCc2cccn2-c2nnc(N3CCC(C(=O)NCc4ccc(OCC)c(OC)c4)CC3)s2)cc1. The van der Waals surface area contributed by atoms with Crippen molar-refractivity contribution in [1.29, 1.82) is 0 Å². The molecular weight excluding hydrogens is 552 g/mol. The molecule has 3 heterocycles. The van der Waals surface area contributed by atoms with Gasteiger partial charge in [-0.15, -0.1) is 10.2 Å². The average Bonchev–Trinajstić information content (AvgIpc) is 3.70. The zero-order valence-electron chi connectivity index (χ0n) is 24.3. The second-order valence-corrected chi connectivity index (χ2v) is 10.9. The maximum absolute atomic E-state index is 12.9. The minimum Gasteiger partial charge on any atom is -0.494 e. The van der Waals surface area contributed by atoms with Gasteiger partial charge in [-0.05, 0) is 80.8 Å². The summed E-state index contributed by atoms with van der Waals surface area (Å²) in [5.41, 5.74) is 3.09. The Bertz CT molecular complexity index is 1450. The van der Waals surface area contributed by atoms with E-state index in [0.717, 1.165) is 58.9 Å². The highest BCUT2D eigenvalue weighted by atomic mass is 32.1. The number of rotatable bonds is 13. The van der Waals surface area contributed by atoms with Crippen LogP contribution in [0.3, 0.4) is 0 Å². The number of carbonyl (C=O) groups excluding carboxylic acids is 1. The van der Waals surface area contributed by atoms with Crippen LogP contribution in [0.15, 0.2) is 60.8 Å². The number of benzene rings is 2. The van der Waals surface area contributed by atoms with Crippen LogP contribution in [-0.2, 0) is 17.9 Å². The number of hydrogen-bond donors (Lipinski definition) is 2. The lowest BCUT2D eigenvalue weighted by Crippen LogP contribution is -2.40. The van der Waals surface area contributed by atoms with Gasteiger partial charge >= 0.3 is 0 Å². The molecule has 2 aromatic carbocycles. The van der Waals surface area contributed by atoms with Crippen LogP contribution < -0.4 is 29.7 Å². The number of piperidine rings is 1. The molecular formula is C31H38N6O4S. The number of nitrogens with one attached hydrogen (secondary N) is 2. The Morgan fingerprint density at radius 2 is 1.71 bits per heavy atom. The standard InChI is InChI=1S/C31H38N6O4S/c1-4-40-26-11-9-24(10-12-26)32-21-25-7-6-16-37(25)31-35-34-30(42-31)36-17-14-23(15-18-36)29(38)33-20-22-8-13-27(41-5-2)28(19-22)39-3/h6-13,16,19,23,32H,4-5,14-15,17-18,20-21H2,1-3H3,(H,33,38). The predicted molar refractivity (Wildman–Crippen MR) is 165 cm³/mol. The second-order valence-electron chi connectivity index (χ2n) is 9.95. The van der Waals surface area contributed by atoms with Gasteiger partial charge in [0.05, 0.1) is 26.9 Å². The fourth-order valence-electron chi connectivity index (χ4n) is 4.97. The van der Waals surface area contributed by atoms with Crippen molar-refractivity contribution >= 4 is 28.1 Å². The molecule has 4 aromatic rings. The topological polar surface area (TPSA) is 103 Å². The van der Waals surface area contributed by atoms with Crippen molar-refractivity contribution in [1.82, 2.24) is 20.1 Å². The Morgan fingerprint density at radius 3 is 2.45 bits per heavy atom. The maximum Gasteiger partial charge on any atom is 0.223 e. The normalized spacial score (nSPS) is 13.5. The largest absolute Gasteiger partial charge is 0.494 e. The molecule has 1 fully saturated rings. The summed E-state index contributed by atoms with van der Waals surface area (Å²) < 4.78 is 18.6. The minimum absolute atomic E-state index is 0.0250. The van der Waals surface area contributed by atoms with Crippen LogP contribution in [0.2, 0.25) is 0 Å². The quantitative estimate of drug-likeness (QED) is 0.217. The fraction of sp³-hybridized carbons (Fsp3) is 0.387. The lowest BCUT2D eigenvalue weighted by atomic mass is 9.96. The lowest BCUT2D eigenvalue weighted by molar-refractivity contribution is -0.125. The van der Waals surface area contributed by atoms with Crippen LogP contribution >= 0.6 is 11.3 Å². The molecule has 0 spiro atoms. The molecule has 222 valence electrons. The highest BCUT2D eigenvalue weighted by Crippen LogP contribution is 2.30. The number of methoxy groups -OCH3 is 1. The molecule has 0 atom stereocenters. The molecule has 0 bridgehead atoms. The summed E-state index contributed by atoms with van der Waals surface area (Å²) in [7, 11) is 1.62. The van der Waals surface area contributed by atoms with Crippen LogP contribution in [0.5, 0.6) is 17.2 Å². The van der Waals surface area contributed by atoms with E-state index in [-0.39, 0.29) is 11.8 Å². The third kappa shape index (κ3) is 7.14. The number of amides is 1. The molecule has 10 nitrogen and oxygen atoms in total. The summed E-state index contributed by atoms with van der Waals surface area (Å²) in [6, 6.07) is 17.8. The molecule has 42 heavy (non-hydrogen) atoms. The second kappa shape index (κ2) is 14.1. The molecule has 1 saturated heterocycles. The minimum atomic E-state index is -0.0250. The third-order valence-electron chi connectivity index (χ3n) is 7.21. The zero-order chi connectivity index (χ0) is 29.3. The van der Waals surface area contributed by atoms with E-state index in [9.17, 15) is 4.79 Å². The van der Waals surface area contributed by atoms with Crippen LogP contribution in [0.1, 0.15) is 37.9 Å². The van der Waals surface area contributed by atoms with Gasteiger partial charge in [0.25, 0.3) is 0 Å². The average molecular weight is 591 g/mol. The van der Waals surface area contributed by atoms with Crippen molar-refractivity contribution in [3.8, 4) is 22.4 Å². The Labute approximate surface area is 250 Å². The summed E-state index contributed by atoms with van der Waals surface area (Å²) in [4.78, 5) is 15.1. The first-order valence-corrected chi connectivity index (χ1v) is 15.2. The van der Waals surface area contributed by atoms with E-state index in [0.29, 0.717) is 37.8 Å². The van der Waals surface area contributed by atoms with Crippen molar-refractivity contribution < 1.29 is 19.0 Å². The molecule has 2 N–H and O–H groups in total. The van der Waals surface area contributed by atoms with Gasteiger partial charge in [0.2, 0.25) is 16.2 Å². The van der Waals surface area contributed by atoms with Gasteiger partial charge in [0.1, 0.15) is 5.75 Å². The Hall–Kier alpha value is -4.25. The van der Waals surface area contributed by atoms with Crippen LogP contribution in [0, 0.1) is 5.92 Å². The highest BCUT2D eigenvalue weighted by Gasteiger charge is 2.27. The Balaban J connectivity index is 1.11. The maximum atomic E-state index is 12.9. The van der Waals surface area contributed by atoms with E-state index in [2.05, 4.69) is 36.4 Å². The molecule has 11 heteroatoms. The van der Waals surface area contributed by atoms with E-state index < -0.39 is 0 Å². The summed E-state index contributed by atoms with van der Waals surface area (Å²) in [5.74, 6) is 2.29. The number of hydrogen-bond acceptors (Lipinski definition) is 9. The van der Waals surface area contributed by atoms with Gasteiger partial charge < -0.3 is 29.7 Å². The zero-order valence-corrected chi connectivity index (χ0v) is 25.2. The first kappa shape index (κ1) is 29.2. The highest BCUT2D eigenvalue weighted by molar-refractivity contribution is 7.17. The fourth-order valence-corrected chi connectivity index (χ4v) is 5.89. The van der Waals surface area contributed by atoms with Crippen molar-refractivity contribution in [3.05, 3.63) is 72.1 Å². The Kier molecular flexibility index (Phi) is 9.81. The first-order valence-electron chi connectivity index (χ1n) is 14.4. The van der Waals surface area contributed by atoms with E-state index in [1.54, 1.807) is 18.4 Å². The smallest absolute Gasteiger partial charge is 0.223 e. The monoisotopic (exact) mass is 590 g/mol. The van der Waals surface area contributed by atoms with Crippen LogP contribution in [0.4, 0.5) is 10.8 Å². The molecule has 2 aromatic heterocycles. The first-order chi connectivity index (χ1) is 20.6. The number of nitrogens with zero attached hydrogens (tertiary/aromatic N) is 4. The molecule has 1 aliphatic heterocycles. The summed E-state index contributed by atoms with van der Waals surface area (Å²) >= 11 is 1.57. The molecule has 5 rings (SSSR count). The van der Waals surface area contributed by atoms with E-state index in [1.807, 2.05) is 68.6 Å². The lowest BCUT2D eigenvalue weighted by Gasteiger charge is -2.30. The van der Waals surface area contributed by atoms with E-state index >= 15 is 0 Å². The molecule has 0 radical (unpaired) electrons. The molecule has 0 saturated carbocycles. The van der Waals surface area contributed by atoms with Crippen LogP contribution in [0.25, 0.3) is 5.13 Å². The summed E-state index contributed by atoms with van der Waals surface area (Å²) in [6.07, 6.45) is 3.55. The summed E-state index contributed by atoms with van der Waals surface area (Å²) in [5, 5.41) is 17.2. The number of ether oxygens (including phenoxy) is 3. The third-order valence-corrected chi connectivity index (χ3v) is 8.20. The van der Waals surface area contributed by atoms with Gasteiger partial charge in [-0.1, -0.05) is 17.4 Å². The molecule has 0 aliphatic carbocycles. The predicted octanol–water partition coefficient (Wildman–Crippen LogP) is 5.28. The van der Waals surface area contributed by atoms with E-state index in [1.165, 1.54) is 0 Å². The van der Waals surface area contributed by atoms with Gasteiger partial charge in [0.15, 0.2) is 11.5 Å². The van der Waals surface area contributed by atoms with Gasteiger partial charge in [-0.2, -0.15) is 0 Å². The summed E-state index contributed by atoms with van der Waals surface area (Å²) in [6.45, 7) is 7.77. The van der Waals surface area contributed by atoms with Gasteiger partial charge in [-0.25, -0.2) is 0 Å². The molecule has 1 amide bonds. The number of anilines is 2. The van der Waals surface area contributed by atoms with Gasteiger partial charge in [0, 0.05) is 43.1 Å². The Morgan fingerprint density at radius 1 is 0.952 bits per heavy atom. The van der Waals surface area contributed by atoms with Gasteiger partial charge in [-0.3, -0.25) is 9.36 Å². The van der Waals surface area contributed by atoms with E-state index in [4.69, 9.17) is 14.2 Å². The van der Waals surface area contributed by atoms with Crippen molar-refractivity contribution in [2.24, 2.45) is 5.92 Å². The van der Waals surface area contributed by atoms with Crippen LogP contribution in [-0.4, -0.2) is 54.1 Å². The molecule has 1 aliphatic rings. The molecule has 0 unspecified atom stereocenters. The van der Waals surface area contributed by atoms with Crippen molar-refractivity contribution in [2.45, 2.75) is 39.8 Å².